The number of hydrogen-bond donors (Lipinski definition) is 2. The molecule has 1 heterocycles. The molecule has 2 aromatic rings. The highest BCUT2D eigenvalue weighted by atomic mass is 19.1. The van der Waals surface area contributed by atoms with Gasteiger partial charge in [0.15, 0.2) is 11.5 Å². The lowest BCUT2D eigenvalue weighted by Gasteiger charge is -2.17. The van der Waals surface area contributed by atoms with Crippen molar-refractivity contribution in [3.8, 4) is 11.5 Å². The smallest absolute Gasteiger partial charge is 0.255 e. The predicted octanol–water partition coefficient (Wildman–Crippen LogP) is 4.18. The van der Waals surface area contributed by atoms with E-state index in [1.54, 1.807) is 18.2 Å². The van der Waals surface area contributed by atoms with Crippen molar-refractivity contribution in [2.24, 2.45) is 5.41 Å². The van der Waals surface area contributed by atoms with E-state index in [4.69, 9.17) is 9.47 Å². The van der Waals surface area contributed by atoms with Gasteiger partial charge >= 0.3 is 0 Å². The highest BCUT2D eigenvalue weighted by molar-refractivity contribution is 6.05. The number of benzene rings is 2. The van der Waals surface area contributed by atoms with Gasteiger partial charge in [0.1, 0.15) is 5.82 Å². The summed E-state index contributed by atoms with van der Waals surface area (Å²) < 4.78 is 24.5. The maximum Gasteiger partial charge on any atom is 0.255 e. The zero-order valence-corrected chi connectivity index (χ0v) is 15.4. The molecule has 1 aliphatic rings. The Balaban J connectivity index is 1.72. The highest BCUT2D eigenvalue weighted by Gasteiger charge is 2.19. The van der Waals surface area contributed by atoms with Crippen molar-refractivity contribution < 1.29 is 23.5 Å². The van der Waals surface area contributed by atoms with Crippen LogP contribution in [0.2, 0.25) is 0 Å². The lowest BCUT2D eigenvalue weighted by molar-refractivity contribution is -0.117. The first-order valence-electron chi connectivity index (χ1n) is 8.52. The van der Waals surface area contributed by atoms with Crippen molar-refractivity contribution in [2.45, 2.75) is 27.2 Å². The third-order valence-corrected chi connectivity index (χ3v) is 3.82. The van der Waals surface area contributed by atoms with Gasteiger partial charge in [-0.3, -0.25) is 9.59 Å². The molecule has 0 atom stereocenters. The Morgan fingerprint density at radius 2 is 1.78 bits per heavy atom. The summed E-state index contributed by atoms with van der Waals surface area (Å²) in [6.07, 6.45) is 0.250. The van der Waals surface area contributed by atoms with Gasteiger partial charge in [-0.25, -0.2) is 4.39 Å². The van der Waals surface area contributed by atoms with Crippen molar-refractivity contribution in [3.63, 3.8) is 0 Å². The van der Waals surface area contributed by atoms with Gasteiger partial charge < -0.3 is 20.1 Å². The Labute approximate surface area is 156 Å². The molecule has 0 spiro atoms. The molecular formula is C20H21FN2O4. The summed E-state index contributed by atoms with van der Waals surface area (Å²) in [5, 5.41) is 5.24. The van der Waals surface area contributed by atoms with Crippen LogP contribution in [0.3, 0.4) is 0 Å². The summed E-state index contributed by atoms with van der Waals surface area (Å²) in [5.41, 5.74) is 0.547. The van der Waals surface area contributed by atoms with Gasteiger partial charge in [-0.1, -0.05) is 20.8 Å². The second kappa shape index (κ2) is 7.26. The van der Waals surface area contributed by atoms with E-state index < -0.39 is 5.82 Å². The van der Waals surface area contributed by atoms with E-state index in [0.717, 1.165) is 0 Å². The second-order valence-electron chi connectivity index (χ2n) is 7.50. The first kappa shape index (κ1) is 18.7. The molecular weight excluding hydrogens is 351 g/mol. The zero-order valence-electron chi connectivity index (χ0n) is 15.4. The van der Waals surface area contributed by atoms with Gasteiger partial charge in [-0.2, -0.15) is 0 Å². The van der Waals surface area contributed by atoms with Gasteiger partial charge in [0.05, 0.1) is 5.69 Å². The molecule has 2 amide bonds. The predicted molar refractivity (Wildman–Crippen MR) is 99.6 cm³/mol. The standard InChI is InChI=1S/C20H21FN2O4/c1-20(2,3)10-18(24)23-15-9-13(5-6-14(15)21)22-19(25)12-4-7-16-17(8-12)27-11-26-16/h4-9H,10-11H2,1-3H3,(H,22,25)(H,23,24). The third kappa shape index (κ3) is 4.75. The number of carbonyl (C=O) groups is 2. The van der Waals surface area contributed by atoms with Crippen molar-refractivity contribution in [1.29, 1.82) is 0 Å². The molecule has 0 aromatic heterocycles. The van der Waals surface area contributed by atoms with Crippen LogP contribution in [0.15, 0.2) is 36.4 Å². The van der Waals surface area contributed by atoms with E-state index in [-0.39, 0.29) is 36.1 Å². The molecule has 2 N–H and O–H groups in total. The van der Waals surface area contributed by atoms with Gasteiger partial charge in [0.25, 0.3) is 5.91 Å². The molecule has 0 fully saturated rings. The van der Waals surface area contributed by atoms with E-state index in [2.05, 4.69) is 10.6 Å². The minimum atomic E-state index is -0.571. The SMILES string of the molecule is CC(C)(C)CC(=O)Nc1cc(NC(=O)c2ccc3c(c2)OCO3)ccc1F. The Bertz CT molecular complexity index is 890. The summed E-state index contributed by atoms with van der Waals surface area (Å²) in [6.45, 7) is 5.89. The number of nitrogens with one attached hydrogen (secondary N) is 2. The lowest BCUT2D eigenvalue weighted by Crippen LogP contribution is -2.20. The van der Waals surface area contributed by atoms with Gasteiger partial charge in [0, 0.05) is 17.7 Å². The molecule has 0 aliphatic carbocycles. The maximum absolute atomic E-state index is 14.0. The quantitative estimate of drug-likeness (QED) is 0.844. The average molecular weight is 372 g/mol. The van der Waals surface area contributed by atoms with Crippen molar-refractivity contribution in [2.75, 3.05) is 17.4 Å². The largest absolute Gasteiger partial charge is 0.454 e. The molecule has 0 saturated carbocycles. The molecule has 2 aromatic carbocycles. The van der Waals surface area contributed by atoms with Gasteiger partial charge in [-0.15, -0.1) is 0 Å². The topological polar surface area (TPSA) is 76.7 Å². The Morgan fingerprint density at radius 3 is 2.52 bits per heavy atom. The van der Waals surface area contributed by atoms with Crippen LogP contribution in [0, 0.1) is 11.2 Å². The van der Waals surface area contributed by atoms with Crippen LogP contribution in [-0.2, 0) is 4.79 Å². The molecule has 3 rings (SSSR count). The molecule has 7 heteroatoms. The summed E-state index contributed by atoms with van der Waals surface area (Å²) in [5.74, 6) is -0.167. The number of fused-ring (bicyclic) bond motifs is 1. The Morgan fingerprint density at radius 1 is 1.04 bits per heavy atom. The van der Waals surface area contributed by atoms with Crippen LogP contribution in [0.1, 0.15) is 37.6 Å². The van der Waals surface area contributed by atoms with Crippen molar-refractivity contribution >= 4 is 23.2 Å². The van der Waals surface area contributed by atoms with E-state index in [9.17, 15) is 14.0 Å². The number of rotatable bonds is 4. The zero-order chi connectivity index (χ0) is 19.6. The molecule has 0 bridgehead atoms. The van der Waals surface area contributed by atoms with E-state index in [0.29, 0.717) is 22.7 Å². The first-order valence-corrected chi connectivity index (χ1v) is 8.52. The van der Waals surface area contributed by atoms with Crippen LogP contribution in [0.25, 0.3) is 0 Å². The number of ether oxygens (including phenoxy) is 2. The summed E-state index contributed by atoms with van der Waals surface area (Å²) in [4.78, 5) is 24.5. The van der Waals surface area contributed by atoms with Crippen molar-refractivity contribution in [1.82, 2.24) is 0 Å². The normalized spacial score (nSPS) is 12.6. The number of carbonyl (C=O) groups excluding carboxylic acids is 2. The van der Waals surface area contributed by atoms with Crippen LogP contribution in [-0.4, -0.2) is 18.6 Å². The minimum Gasteiger partial charge on any atom is -0.454 e. The summed E-state index contributed by atoms with van der Waals surface area (Å²) >= 11 is 0. The van der Waals surface area contributed by atoms with E-state index in [1.165, 1.54) is 18.2 Å². The van der Waals surface area contributed by atoms with E-state index >= 15 is 0 Å². The Kier molecular flexibility index (Phi) is 5.03. The number of anilines is 2. The van der Waals surface area contributed by atoms with Crippen LogP contribution in [0.5, 0.6) is 11.5 Å². The van der Waals surface area contributed by atoms with E-state index in [1.807, 2.05) is 20.8 Å². The molecule has 0 radical (unpaired) electrons. The van der Waals surface area contributed by atoms with Crippen LogP contribution in [0.4, 0.5) is 15.8 Å². The average Bonchev–Trinajstić information content (AvgIpc) is 3.03. The third-order valence-electron chi connectivity index (χ3n) is 3.82. The fourth-order valence-corrected chi connectivity index (χ4v) is 2.62. The fraction of sp³-hybridized carbons (Fsp3) is 0.300. The Hall–Kier alpha value is -3.09. The number of hydrogen-bond acceptors (Lipinski definition) is 4. The molecule has 27 heavy (non-hydrogen) atoms. The lowest BCUT2D eigenvalue weighted by atomic mass is 9.92. The fourth-order valence-electron chi connectivity index (χ4n) is 2.62. The minimum absolute atomic E-state index is 0.0211. The van der Waals surface area contributed by atoms with Gasteiger partial charge in [0.2, 0.25) is 12.7 Å². The summed E-state index contributed by atoms with van der Waals surface area (Å²) in [7, 11) is 0. The molecule has 0 saturated heterocycles. The maximum atomic E-state index is 14.0. The molecule has 142 valence electrons. The van der Waals surface area contributed by atoms with Gasteiger partial charge in [-0.05, 0) is 41.8 Å². The highest BCUT2D eigenvalue weighted by Crippen LogP contribution is 2.32. The molecule has 1 aliphatic heterocycles. The molecule has 0 unspecified atom stereocenters. The molecule has 6 nitrogen and oxygen atoms in total. The second-order valence-corrected chi connectivity index (χ2v) is 7.50. The summed E-state index contributed by atoms with van der Waals surface area (Å²) in [6, 6.07) is 8.86. The van der Waals surface area contributed by atoms with Crippen LogP contribution >= 0.6 is 0 Å². The number of amides is 2. The number of halogens is 1. The van der Waals surface area contributed by atoms with Crippen molar-refractivity contribution in [3.05, 3.63) is 47.8 Å². The first-order chi connectivity index (χ1) is 12.7. The monoisotopic (exact) mass is 372 g/mol. The van der Waals surface area contributed by atoms with Crippen LogP contribution < -0.4 is 20.1 Å².